The van der Waals surface area contributed by atoms with Crippen molar-refractivity contribution in [3.63, 3.8) is 0 Å². The first-order chi connectivity index (χ1) is 5.70. The molecule has 0 aliphatic heterocycles. The van der Waals surface area contributed by atoms with E-state index in [-0.39, 0.29) is 11.2 Å². The Kier molecular flexibility index (Phi) is 3.48. The van der Waals surface area contributed by atoms with Gasteiger partial charge < -0.3 is 0 Å². The van der Waals surface area contributed by atoms with Crippen molar-refractivity contribution < 1.29 is 4.39 Å². The normalized spacial score (nSPS) is 12.9. The van der Waals surface area contributed by atoms with Crippen molar-refractivity contribution in [2.24, 2.45) is 0 Å². The molecule has 1 unspecified atom stereocenters. The Hall–Kier alpha value is -0.630. The van der Waals surface area contributed by atoms with Crippen molar-refractivity contribution in [3.05, 3.63) is 29.8 Å². The second kappa shape index (κ2) is 4.41. The Balaban J connectivity index is 2.57. The zero-order valence-corrected chi connectivity index (χ0v) is 7.68. The summed E-state index contributed by atoms with van der Waals surface area (Å²) in [5, 5.41) is 0.0950. The summed E-state index contributed by atoms with van der Waals surface area (Å²) < 4.78 is 12.9. The highest BCUT2D eigenvalue weighted by atomic mass is 35.5. The molecule has 0 N–H and O–H groups in total. The molecule has 0 saturated carbocycles. The van der Waals surface area contributed by atoms with Crippen LogP contribution in [-0.2, 0) is 6.42 Å². The summed E-state index contributed by atoms with van der Waals surface area (Å²) in [6.07, 6.45) is 4.30. The first-order valence-electron chi connectivity index (χ1n) is 3.92. The summed E-state index contributed by atoms with van der Waals surface area (Å²) in [6, 6.07) is 1.69. The number of hydrogen-bond acceptors (Lipinski definition) is 1. The fourth-order valence-corrected chi connectivity index (χ4v) is 1.07. The van der Waals surface area contributed by atoms with Gasteiger partial charge in [-0.3, -0.25) is 4.98 Å². The average molecular weight is 188 g/mol. The Morgan fingerprint density at radius 2 is 2.42 bits per heavy atom. The van der Waals surface area contributed by atoms with Crippen molar-refractivity contribution in [1.82, 2.24) is 4.98 Å². The van der Waals surface area contributed by atoms with Crippen LogP contribution in [0.2, 0.25) is 0 Å². The molecule has 66 valence electrons. The number of alkyl halides is 1. The molecule has 3 heteroatoms. The van der Waals surface area contributed by atoms with Gasteiger partial charge >= 0.3 is 0 Å². The van der Waals surface area contributed by atoms with Gasteiger partial charge in [0.2, 0.25) is 0 Å². The Morgan fingerprint density at radius 1 is 1.67 bits per heavy atom. The summed E-state index contributed by atoms with van der Waals surface area (Å²) in [5.74, 6) is -0.241. The minimum Gasteiger partial charge on any atom is -0.262 e. The lowest BCUT2D eigenvalue weighted by Gasteiger charge is -2.03. The molecule has 1 heterocycles. The molecule has 12 heavy (non-hydrogen) atoms. The molecule has 1 nitrogen and oxygen atoms in total. The highest BCUT2D eigenvalue weighted by molar-refractivity contribution is 6.20. The topological polar surface area (TPSA) is 12.9 Å². The van der Waals surface area contributed by atoms with Gasteiger partial charge in [0, 0.05) is 11.6 Å². The molecule has 1 rings (SSSR count). The van der Waals surface area contributed by atoms with Gasteiger partial charge in [-0.15, -0.1) is 11.6 Å². The summed E-state index contributed by atoms with van der Waals surface area (Å²) in [7, 11) is 0. The molecule has 0 saturated heterocycles. The third-order valence-corrected chi connectivity index (χ3v) is 1.89. The summed E-state index contributed by atoms with van der Waals surface area (Å²) in [5.41, 5.74) is 0.692. The maximum Gasteiger partial charge on any atom is 0.144 e. The highest BCUT2D eigenvalue weighted by Gasteiger charge is 2.02. The predicted molar refractivity (Wildman–Crippen MR) is 47.8 cm³/mol. The summed E-state index contributed by atoms with van der Waals surface area (Å²) >= 11 is 5.74. The van der Waals surface area contributed by atoms with E-state index in [9.17, 15) is 4.39 Å². The summed E-state index contributed by atoms with van der Waals surface area (Å²) in [4.78, 5) is 3.66. The van der Waals surface area contributed by atoms with E-state index in [1.54, 1.807) is 12.3 Å². The van der Waals surface area contributed by atoms with Crippen LogP contribution in [0.1, 0.15) is 18.9 Å². The van der Waals surface area contributed by atoms with Gasteiger partial charge in [-0.2, -0.15) is 0 Å². The number of halogens is 2. The van der Waals surface area contributed by atoms with Crippen molar-refractivity contribution in [2.45, 2.75) is 25.1 Å². The number of pyridine rings is 1. The van der Waals surface area contributed by atoms with Crippen LogP contribution >= 0.6 is 11.6 Å². The first kappa shape index (κ1) is 9.46. The maximum atomic E-state index is 12.9. The Morgan fingerprint density at radius 3 is 3.00 bits per heavy atom. The minimum absolute atomic E-state index is 0.0950. The lowest BCUT2D eigenvalue weighted by molar-refractivity contribution is 0.597. The van der Waals surface area contributed by atoms with Crippen LogP contribution < -0.4 is 0 Å². The van der Waals surface area contributed by atoms with E-state index in [4.69, 9.17) is 11.6 Å². The summed E-state index contributed by atoms with van der Waals surface area (Å²) in [6.45, 7) is 1.90. The van der Waals surface area contributed by atoms with E-state index in [0.29, 0.717) is 12.0 Å². The predicted octanol–water partition coefficient (Wildman–Crippen LogP) is 2.78. The van der Waals surface area contributed by atoms with Gasteiger partial charge in [0.1, 0.15) is 5.82 Å². The van der Waals surface area contributed by atoms with Crippen LogP contribution in [0.3, 0.4) is 0 Å². The SMILES string of the molecule is CC(Cl)CCc1ccncc1F. The number of aromatic nitrogens is 1. The molecular weight excluding hydrogens is 177 g/mol. The molecule has 0 amide bonds. The number of nitrogens with zero attached hydrogens (tertiary/aromatic N) is 1. The van der Waals surface area contributed by atoms with Crippen molar-refractivity contribution in [2.75, 3.05) is 0 Å². The van der Waals surface area contributed by atoms with Gasteiger partial charge in [0.15, 0.2) is 0 Å². The van der Waals surface area contributed by atoms with E-state index in [2.05, 4.69) is 4.98 Å². The molecule has 0 bridgehead atoms. The van der Waals surface area contributed by atoms with Crippen LogP contribution in [-0.4, -0.2) is 10.4 Å². The molecule has 1 aromatic heterocycles. The zero-order valence-electron chi connectivity index (χ0n) is 6.93. The third kappa shape index (κ3) is 2.78. The molecule has 1 aromatic rings. The standard InChI is InChI=1S/C9H11ClFN/c1-7(10)2-3-8-4-5-12-6-9(8)11/h4-7H,2-3H2,1H3. The number of hydrogen-bond donors (Lipinski definition) is 0. The lowest BCUT2D eigenvalue weighted by atomic mass is 10.1. The molecule has 0 aliphatic carbocycles. The smallest absolute Gasteiger partial charge is 0.144 e. The fraction of sp³-hybridized carbons (Fsp3) is 0.444. The van der Waals surface area contributed by atoms with Gasteiger partial charge in [-0.1, -0.05) is 0 Å². The van der Waals surface area contributed by atoms with E-state index in [1.165, 1.54) is 6.20 Å². The molecule has 0 fully saturated rings. The molecule has 0 aromatic carbocycles. The third-order valence-electron chi connectivity index (χ3n) is 1.67. The number of aryl methyl sites for hydroxylation is 1. The fourth-order valence-electron chi connectivity index (χ4n) is 0.961. The quantitative estimate of drug-likeness (QED) is 0.664. The van der Waals surface area contributed by atoms with Gasteiger partial charge in [0.25, 0.3) is 0 Å². The van der Waals surface area contributed by atoms with Crippen molar-refractivity contribution in [3.8, 4) is 0 Å². The van der Waals surface area contributed by atoms with Crippen LogP contribution in [0, 0.1) is 5.82 Å². The van der Waals surface area contributed by atoms with Gasteiger partial charge in [-0.25, -0.2) is 4.39 Å². The first-order valence-corrected chi connectivity index (χ1v) is 4.36. The molecule has 0 aliphatic rings. The monoisotopic (exact) mass is 187 g/mol. The lowest BCUT2D eigenvalue weighted by Crippen LogP contribution is -1.97. The van der Waals surface area contributed by atoms with E-state index in [1.807, 2.05) is 6.92 Å². The molecule has 0 radical (unpaired) electrons. The average Bonchev–Trinajstić information content (AvgIpc) is 2.03. The van der Waals surface area contributed by atoms with Crippen LogP contribution in [0.15, 0.2) is 18.5 Å². The second-order valence-electron chi connectivity index (χ2n) is 2.79. The van der Waals surface area contributed by atoms with E-state index < -0.39 is 0 Å². The zero-order chi connectivity index (χ0) is 8.97. The van der Waals surface area contributed by atoms with Gasteiger partial charge in [-0.05, 0) is 31.4 Å². The van der Waals surface area contributed by atoms with Crippen LogP contribution in [0.5, 0.6) is 0 Å². The Labute approximate surface area is 76.6 Å². The van der Waals surface area contributed by atoms with Crippen LogP contribution in [0.4, 0.5) is 4.39 Å². The minimum atomic E-state index is -0.241. The van der Waals surface area contributed by atoms with Crippen LogP contribution in [0.25, 0.3) is 0 Å². The molecule has 1 atom stereocenters. The van der Waals surface area contributed by atoms with E-state index >= 15 is 0 Å². The Bertz CT molecular complexity index is 250. The van der Waals surface area contributed by atoms with Crippen molar-refractivity contribution in [1.29, 1.82) is 0 Å². The highest BCUT2D eigenvalue weighted by Crippen LogP contribution is 2.10. The number of rotatable bonds is 3. The second-order valence-corrected chi connectivity index (χ2v) is 3.53. The maximum absolute atomic E-state index is 12.9. The largest absolute Gasteiger partial charge is 0.262 e. The van der Waals surface area contributed by atoms with Gasteiger partial charge in [0.05, 0.1) is 6.20 Å². The molecular formula is C9H11ClFN. The molecule has 0 spiro atoms. The van der Waals surface area contributed by atoms with Crippen molar-refractivity contribution >= 4 is 11.6 Å². The van der Waals surface area contributed by atoms with E-state index in [0.717, 1.165) is 6.42 Å².